The average molecular weight is 313 g/mol. The van der Waals surface area contributed by atoms with Crippen LogP contribution in [0.4, 0.5) is 14.5 Å². The van der Waals surface area contributed by atoms with Crippen LogP contribution in [0.15, 0.2) is 47.4 Å². The van der Waals surface area contributed by atoms with Gasteiger partial charge in [-0.15, -0.1) is 0 Å². The van der Waals surface area contributed by atoms with E-state index in [1.165, 1.54) is 12.1 Å². The molecule has 0 heterocycles. The highest BCUT2D eigenvalue weighted by Gasteiger charge is 2.23. The lowest BCUT2D eigenvalue weighted by Crippen LogP contribution is -2.16. The Kier molecular flexibility index (Phi) is 4.42. The van der Waals surface area contributed by atoms with Crippen molar-refractivity contribution in [3.05, 3.63) is 54.1 Å². The lowest BCUT2D eigenvalue weighted by atomic mass is 10.3. The predicted octanol–water partition coefficient (Wildman–Crippen LogP) is 3.16. The molecule has 112 valence electrons. The number of sulfonamides is 1. The number of halogens is 2. The molecule has 0 aliphatic carbocycles. The fraction of sp³-hybridized carbons (Fsp3) is 0.143. The molecule has 0 aliphatic heterocycles. The lowest BCUT2D eigenvalue weighted by molar-refractivity contribution is 0.340. The number of nitrogens with one attached hydrogen (secondary N) is 1. The van der Waals surface area contributed by atoms with Gasteiger partial charge in [0.2, 0.25) is 0 Å². The maximum atomic E-state index is 13.5. The van der Waals surface area contributed by atoms with Gasteiger partial charge in [0, 0.05) is 5.69 Å². The van der Waals surface area contributed by atoms with Crippen LogP contribution in [-0.4, -0.2) is 15.0 Å². The largest absolute Gasteiger partial charge is 0.494 e. The molecule has 2 aromatic rings. The van der Waals surface area contributed by atoms with E-state index in [9.17, 15) is 17.2 Å². The molecule has 0 spiro atoms. The summed E-state index contributed by atoms with van der Waals surface area (Å²) in [5, 5.41) is 0. The van der Waals surface area contributed by atoms with Crippen LogP contribution in [0, 0.1) is 11.6 Å². The molecule has 0 atom stereocenters. The molecule has 2 rings (SSSR count). The van der Waals surface area contributed by atoms with Gasteiger partial charge in [0.1, 0.15) is 17.4 Å². The number of hydrogen-bond donors (Lipinski definition) is 1. The van der Waals surface area contributed by atoms with Gasteiger partial charge in [-0.2, -0.15) is 0 Å². The van der Waals surface area contributed by atoms with Gasteiger partial charge in [-0.05, 0) is 43.3 Å². The van der Waals surface area contributed by atoms with E-state index in [0.717, 1.165) is 18.2 Å². The third kappa shape index (κ3) is 3.49. The Morgan fingerprint density at radius 3 is 2.14 bits per heavy atom. The monoisotopic (exact) mass is 313 g/mol. The Balaban J connectivity index is 2.29. The van der Waals surface area contributed by atoms with Crippen LogP contribution in [0.1, 0.15) is 6.92 Å². The number of rotatable bonds is 5. The molecule has 0 amide bonds. The second-order valence-electron chi connectivity index (χ2n) is 4.11. The van der Waals surface area contributed by atoms with Crippen LogP contribution in [0.25, 0.3) is 0 Å². The summed E-state index contributed by atoms with van der Waals surface area (Å²) in [6, 6.07) is 8.87. The quantitative estimate of drug-likeness (QED) is 0.922. The first-order valence-electron chi connectivity index (χ1n) is 6.13. The third-order valence-corrected chi connectivity index (χ3v) is 4.04. The summed E-state index contributed by atoms with van der Waals surface area (Å²) in [6.07, 6.45) is 0. The van der Waals surface area contributed by atoms with Crippen LogP contribution in [0.3, 0.4) is 0 Å². The molecule has 21 heavy (non-hydrogen) atoms. The summed E-state index contributed by atoms with van der Waals surface area (Å²) in [5.41, 5.74) is 0.182. The first-order valence-corrected chi connectivity index (χ1v) is 7.62. The van der Waals surface area contributed by atoms with Gasteiger partial charge in [-0.3, -0.25) is 4.72 Å². The second kappa shape index (κ2) is 6.09. The van der Waals surface area contributed by atoms with Crippen molar-refractivity contribution in [3.63, 3.8) is 0 Å². The fourth-order valence-corrected chi connectivity index (χ4v) is 2.93. The fourth-order valence-electron chi connectivity index (χ4n) is 1.73. The van der Waals surface area contributed by atoms with Gasteiger partial charge < -0.3 is 4.74 Å². The Bertz CT molecular complexity index is 710. The molecular formula is C14H13F2NO3S. The van der Waals surface area contributed by atoms with Gasteiger partial charge in [0.05, 0.1) is 6.61 Å². The van der Waals surface area contributed by atoms with Crippen molar-refractivity contribution in [1.82, 2.24) is 0 Å². The minimum atomic E-state index is -4.34. The van der Waals surface area contributed by atoms with Crippen LogP contribution in [-0.2, 0) is 10.0 Å². The van der Waals surface area contributed by atoms with Crippen molar-refractivity contribution < 1.29 is 21.9 Å². The Labute approximate surface area is 121 Å². The minimum Gasteiger partial charge on any atom is -0.494 e. The van der Waals surface area contributed by atoms with Crippen molar-refractivity contribution in [2.24, 2.45) is 0 Å². The maximum absolute atomic E-state index is 13.5. The maximum Gasteiger partial charge on any atom is 0.267 e. The Hall–Kier alpha value is -2.15. The van der Waals surface area contributed by atoms with Crippen molar-refractivity contribution in [3.8, 4) is 5.75 Å². The van der Waals surface area contributed by atoms with E-state index in [2.05, 4.69) is 4.72 Å². The number of hydrogen-bond acceptors (Lipinski definition) is 3. The van der Waals surface area contributed by atoms with E-state index < -0.39 is 26.6 Å². The third-order valence-electron chi connectivity index (χ3n) is 2.61. The summed E-state index contributed by atoms with van der Waals surface area (Å²) in [6.45, 7) is 2.29. The standard InChI is InChI=1S/C14H13F2NO3S/c1-2-20-11-8-6-10(7-9-11)17-21(18,19)14-12(15)4-3-5-13(14)16/h3-9,17H,2H2,1H3. The average Bonchev–Trinajstić information content (AvgIpc) is 2.40. The molecule has 1 N–H and O–H groups in total. The zero-order valence-electron chi connectivity index (χ0n) is 11.1. The van der Waals surface area contributed by atoms with Crippen molar-refractivity contribution >= 4 is 15.7 Å². The van der Waals surface area contributed by atoms with E-state index >= 15 is 0 Å². The molecule has 0 aromatic heterocycles. The van der Waals surface area contributed by atoms with Gasteiger partial charge in [0.15, 0.2) is 4.90 Å². The number of ether oxygens (including phenoxy) is 1. The van der Waals surface area contributed by atoms with Crippen LogP contribution < -0.4 is 9.46 Å². The zero-order chi connectivity index (χ0) is 15.5. The summed E-state index contributed by atoms with van der Waals surface area (Å²) >= 11 is 0. The van der Waals surface area contributed by atoms with Gasteiger partial charge >= 0.3 is 0 Å². The molecule has 0 unspecified atom stereocenters. The van der Waals surface area contributed by atoms with E-state index in [-0.39, 0.29) is 5.69 Å². The van der Waals surface area contributed by atoms with Crippen LogP contribution in [0.2, 0.25) is 0 Å². The van der Waals surface area contributed by atoms with Crippen molar-refractivity contribution in [2.75, 3.05) is 11.3 Å². The van der Waals surface area contributed by atoms with Gasteiger partial charge in [-0.25, -0.2) is 17.2 Å². The first kappa shape index (κ1) is 15.2. The minimum absolute atomic E-state index is 0.182. The van der Waals surface area contributed by atoms with Crippen LogP contribution in [0.5, 0.6) is 5.75 Å². The second-order valence-corrected chi connectivity index (χ2v) is 5.73. The molecule has 0 fully saturated rings. The summed E-state index contributed by atoms with van der Waals surface area (Å²) in [7, 11) is -4.34. The SMILES string of the molecule is CCOc1ccc(NS(=O)(=O)c2c(F)cccc2F)cc1. The number of anilines is 1. The molecule has 0 radical (unpaired) electrons. The molecule has 7 heteroatoms. The molecule has 0 saturated carbocycles. The summed E-state index contributed by atoms with van der Waals surface area (Å²) in [5.74, 6) is -1.72. The van der Waals surface area contributed by atoms with E-state index in [0.29, 0.717) is 12.4 Å². The van der Waals surface area contributed by atoms with Crippen LogP contribution >= 0.6 is 0 Å². The smallest absolute Gasteiger partial charge is 0.267 e. The normalized spacial score (nSPS) is 11.2. The molecule has 0 saturated heterocycles. The predicted molar refractivity (Wildman–Crippen MR) is 74.8 cm³/mol. The molecule has 4 nitrogen and oxygen atoms in total. The highest BCUT2D eigenvalue weighted by molar-refractivity contribution is 7.92. The number of benzene rings is 2. The van der Waals surface area contributed by atoms with E-state index in [1.54, 1.807) is 12.1 Å². The van der Waals surface area contributed by atoms with Crippen molar-refractivity contribution in [1.29, 1.82) is 0 Å². The van der Waals surface area contributed by atoms with Gasteiger partial charge in [-0.1, -0.05) is 6.07 Å². The summed E-state index contributed by atoms with van der Waals surface area (Å²) in [4.78, 5) is -1.00. The van der Waals surface area contributed by atoms with Crippen molar-refractivity contribution in [2.45, 2.75) is 11.8 Å². The first-order chi connectivity index (χ1) is 9.94. The van der Waals surface area contributed by atoms with E-state index in [4.69, 9.17) is 4.74 Å². The zero-order valence-corrected chi connectivity index (χ0v) is 12.0. The van der Waals surface area contributed by atoms with Gasteiger partial charge in [0.25, 0.3) is 10.0 Å². The molecule has 2 aromatic carbocycles. The highest BCUT2D eigenvalue weighted by Crippen LogP contribution is 2.23. The topological polar surface area (TPSA) is 55.4 Å². The molecular weight excluding hydrogens is 300 g/mol. The Morgan fingerprint density at radius 2 is 1.62 bits per heavy atom. The summed E-state index contributed by atoms with van der Waals surface area (Å²) < 4.78 is 58.5. The lowest BCUT2D eigenvalue weighted by Gasteiger charge is -2.10. The van der Waals surface area contributed by atoms with E-state index in [1.807, 2.05) is 6.92 Å². The highest BCUT2D eigenvalue weighted by atomic mass is 32.2. The Morgan fingerprint density at radius 1 is 1.05 bits per heavy atom. The molecule has 0 bridgehead atoms. The molecule has 0 aliphatic rings.